The van der Waals surface area contributed by atoms with Crippen LogP contribution < -0.4 is 0 Å². The van der Waals surface area contributed by atoms with Crippen molar-refractivity contribution in [2.75, 3.05) is 6.61 Å². The van der Waals surface area contributed by atoms with Gasteiger partial charge >= 0.3 is 0 Å². The van der Waals surface area contributed by atoms with Gasteiger partial charge in [0.1, 0.15) is 0 Å². The molecule has 2 aliphatic carbocycles. The molecule has 124 valence electrons. The highest BCUT2D eigenvalue weighted by Crippen LogP contribution is 2.61. The first-order chi connectivity index (χ1) is 10.3. The summed E-state index contributed by atoms with van der Waals surface area (Å²) in [5.74, 6) is 0.779. The van der Waals surface area contributed by atoms with Crippen LogP contribution in [0, 0.1) is 22.7 Å². The van der Waals surface area contributed by atoms with E-state index in [0.717, 1.165) is 32.1 Å². The molecule has 0 heterocycles. The molecule has 2 fully saturated rings. The van der Waals surface area contributed by atoms with Crippen molar-refractivity contribution >= 4 is 0 Å². The van der Waals surface area contributed by atoms with E-state index in [1.165, 1.54) is 11.1 Å². The number of fused-ring (bicyclic) bond motifs is 1. The first-order valence-corrected chi connectivity index (χ1v) is 8.55. The zero-order chi connectivity index (χ0) is 16.5. The van der Waals surface area contributed by atoms with E-state index in [-0.39, 0.29) is 17.4 Å². The molecule has 0 aromatic carbocycles. The van der Waals surface area contributed by atoms with Crippen molar-refractivity contribution in [3.8, 4) is 0 Å². The molecule has 2 N–H and O–H groups in total. The normalized spacial score (nSPS) is 42.9. The van der Waals surface area contributed by atoms with Crippen LogP contribution in [0.1, 0.15) is 52.9 Å². The van der Waals surface area contributed by atoms with E-state index in [2.05, 4.69) is 40.0 Å². The second-order valence-electron chi connectivity index (χ2n) is 7.91. The lowest BCUT2D eigenvalue weighted by Crippen LogP contribution is -2.57. The highest BCUT2D eigenvalue weighted by molar-refractivity contribution is 5.21. The van der Waals surface area contributed by atoms with Crippen LogP contribution in [-0.4, -0.2) is 22.9 Å². The van der Waals surface area contributed by atoms with Gasteiger partial charge in [0.05, 0.1) is 12.7 Å². The highest BCUT2D eigenvalue weighted by Gasteiger charge is 2.57. The molecule has 22 heavy (non-hydrogen) atoms. The Balaban J connectivity index is 2.35. The molecule has 0 saturated heterocycles. The Hall–Kier alpha value is -0.860. The molecule has 0 radical (unpaired) electrons. The minimum atomic E-state index is -0.395. The van der Waals surface area contributed by atoms with Gasteiger partial charge in [0.15, 0.2) is 0 Å². The van der Waals surface area contributed by atoms with Gasteiger partial charge in [-0.2, -0.15) is 0 Å². The van der Waals surface area contributed by atoms with Crippen molar-refractivity contribution in [2.45, 2.75) is 59.0 Å². The van der Waals surface area contributed by atoms with Crippen LogP contribution in [0.5, 0.6) is 0 Å². The molecule has 2 aliphatic rings. The summed E-state index contributed by atoms with van der Waals surface area (Å²) in [7, 11) is 0. The number of hydrogen-bond acceptors (Lipinski definition) is 2. The smallest absolute Gasteiger partial charge is 0.0618 e. The molecule has 2 rings (SSSR count). The number of allylic oxidation sites excluding steroid dienone is 4. The average Bonchev–Trinajstić information content (AvgIpc) is 2.50. The van der Waals surface area contributed by atoms with E-state index in [1.54, 1.807) is 0 Å². The highest BCUT2D eigenvalue weighted by atomic mass is 16.3. The maximum atomic E-state index is 10.5. The van der Waals surface area contributed by atoms with Gasteiger partial charge in [-0.3, -0.25) is 0 Å². The molecule has 0 bridgehead atoms. The quantitative estimate of drug-likeness (QED) is 0.602. The van der Waals surface area contributed by atoms with Crippen molar-refractivity contribution in [1.29, 1.82) is 0 Å². The maximum Gasteiger partial charge on any atom is 0.0618 e. The first-order valence-electron chi connectivity index (χ1n) is 8.55. The van der Waals surface area contributed by atoms with E-state index < -0.39 is 6.10 Å². The van der Waals surface area contributed by atoms with E-state index >= 15 is 0 Å². The summed E-state index contributed by atoms with van der Waals surface area (Å²) in [6.45, 7) is 14.7. The van der Waals surface area contributed by atoms with Gasteiger partial charge in [-0.05, 0) is 56.3 Å². The third kappa shape index (κ3) is 2.72. The Bertz CT molecular complexity index is 478. The summed E-state index contributed by atoms with van der Waals surface area (Å²) in [5, 5.41) is 20.5. The van der Waals surface area contributed by atoms with Gasteiger partial charge in [-0.15, -0.1) is 0 Å². The Morgan fingerprint density at radius 2 is 2.05 bits per heavy atom. The molecule has 0 aromatic rings. The third-order valence-corrected chi connectivity index (χ3v) is 6.69. The number of hydrogen-bond donors (Lipinski definition) is 2. The van der Waals surface area contributed by atoms with E-state index in [1.807, 2.05) is 6.08 Å². The number of aliphatic hydroxyl groups is 2. The SMILES string of the molecule is C=CC(C)=CCC1C(=C)CCC2C(C)(CO)C(O)CCC12C. The van der Waals surface area contributed by atoms with Crippen molar-refractivity contribution in [1.82, 2.24) is 0 Å². The molecule has 0 amide bonds. The van der Waals surface area contributed by atoms with Crippen LogP contribution in [0.25, 0.3) is 0 Å². The fourth-order valence-corrected chi connectivity index (χ4v) is 5.02. The summed E-state index contributed by atoms with van der Waals surface area (Å²) in [6, 6.07) is 0. The molecule has 0 aromatic heterocycles. The molecular weight excluding hydrogens is 272 g/mol. The number of rotatable bonds is 4. The zero-order valence-corrected chi connectivity index (χ0v) is 14.4. The lowest BCUT2D eigenvalue weighted by molar-refractivity contribution is -0.151. The minimum absolute atomic E-state index is 0.0646. The molecule has 2 heteroatoms. The Kier molecular flexibility index (Phi) is 5.03. The standard InChI is InChI=1S/C20H32O2/c1-6-14(2)7-9-16-15(3)8-10-17-19(16,4)12-11-18(22)20(17,5)13-21/h6-7,16-18,21-22H,1,3,8-13H2,2,4-5H3. The fraction of sp³-hybridized carbons (Fsp3) is 0.700. The Labute approximate surface area is 135 Å². The lowest BCUT2D eigenvalue weighted by atomic mass is 9.46. The van der Waals surface area contributed by atoms with Gasteiger partial charge in [0, 0.05) is 5.41 Å². The molecule has 2 nitrogen and oxygen atoms in total. The predicted molar refractivity (Wildman–Crippen MR) is 92.5 cm³/mol. The fourth-order valence-electron chi connectivity index (χ4n) is 5.02. The van der Waals surface area contributed by atoms with E-state index in [4.69, 9.17) is 0 Å². The predicted octanol–water partition coefficient (Wildman–Crippen LogP) is 4.25. The van der Waals surface area contributed by atoms with Crippen LogP contribution in [0.2, 0.25) is 0 Å². The van der Waals surface area contributed by atoms with Crippen molar-refractivity contribution in [3.63, 3.8) is 0 Å². The minimum Gasteiger partial charge on any atom is -0.396 e. The van der Waals surface area contributed by atoms with Gasteiger partial charge in [-0.25, -0.2) is 0 Å². The summed E-state index contributed by atoms with van der Waals surface area (Å²) >= 11 is 0. The second kappa shape index (κ2) is 6.33. The monoisotopic (exact) mass is 304 g/mol. The summed E-state index contributed by atoms with van der Waals surface area (Å²) in [6.07, 6.45) is 8.58. The van der Waals surface area contributed by atoms with Gasteiger partial charge in [-0.1, -0.05) is 50.3 Å². The number of aliphatic hydroxyl groups excluding tert-OH is 2. The van der Waals surface area contributed by atoms with E-state index in [9.17, 15) is 10.2 Å². The van der Waals surface area contributed by atoms with Crippen molar-refractivity contribution in [2.24, 2.45) is 22.7 Å². The van der Waals surface area contributed by atoms with Crippen molar-refractivity contribution in [3.05, 3.63) is 36.5 Å². The molecule has 5 atom stereocenters. The lowest BCUT2D eigenvalue weighted by Gasteiger charge is -2.59. The van der Waals surface area contributed by atoms with Crippen molar-refractivity contribution < 1.29 is 10.2 Å². The largest absolute Gasteiger partial charge is 0.396 e. The Morgan fingerprint density at radius 3 is 2.64 bits per heavy atom. The molecule has 0 aliphatic heterocycles. The van der Waals surface area contributed by atoms with Crippen LogP contribution in [0.4, 0.5) is 0 Å². The summed E-state index contributed by atoms with van der Waals surface area (Å²) < 4.78 is 0. The van der Waals surface area contributed by atoms with Gasteiger partial charge < -0.3 is 10.2 Å². The molecule has 0 spiro atoms. The zero-order valence-electron chi connectivity index (χ0n) is 14.4. The Morgan fingerprint density at radius 1 is 1.36 bits per heavy atom. The first kappa shape index (κ1) is 17.5. The van der Waals surface area contributed by atoms with Gasteiger partial charge in [0.25, 0.3) is 0 Å². The third-order valence-electron chi connectivity index (χ3n) is 6.69. The molecular formula is C20H32O2. The topological polar surface area (TPSA) is 40.5 Å². The van der Waals surface area contributed by atoms with Crippen LogP contribution in [0.15, 0.2) is 36.5 Å². The molecule has 5 unspecified atom stereocenters. The van der Waals surface area contributed by atoms with Crippen LogP contribution in [0.3, 0.4) is 0 Å². The summed E-state index contributed by atoms with van der Waals surface area (Å²) in [4.78, 5) is 0. The summed E-state index contributed by atoms with van der Waals surface area (Å²) in [5.41, 5.74) is 2.27. The van der Waals surface area contributed by atoms with E-state index in [0.29, 0.717) is 11.8 Å². The van der Waals surface area contributed by atoms with Crippen LogP contribution in [-0.2, 0) is 0 Å². The molecule has 2 saturated carbocycles. The second-order valence-corrected chi connectivity index (χ2v) is 7.91. The van der Waals surface area contributed by atoms with Gasteiger partial charge in [0.2, 0.25) is 0 Å². The maximum absolute atomic E-state index is 10.5. The van der Waals surface area contributed by atoms with Crippen LogP contribution >= 0.6 is 0 Å². The average molecular weight is 304 g/mol.